The van der Waals surface area contributed by atoms with Crippen molar-refractivity contribution in [3.8, 4) is 0 Å². The minimum absolute atomic E-state index is 0.234. The molecule has 1 aromatic rings. The lowest BCUT2D eigenvalue weighted by Gasteiger charge is -1.99. The highest BCUT2D eigenvalue weighted by Gasteiger charge is 2.17. The van der Waals surface area contributed by atoms with Crippen molar-refractivity contribution in [2.45, 2.75) is 20.3 Å². The highest BCUT2D eigenvalue weighted by Crippen LogP contribution is 2.11. The van der Waals surface area contributed by atoms with Gasteiger partial charge in [-0.3, -0.25) is 9.59 Å². The Morgan fingerprint density at radius 3 is 2.71 bits per heavy atom. The van der Waals surface area contributed by atoms with Gasteiger partial charge in [0.1, 0.15) is 6.42 Å². The topological polar surface area (TPSA) is 56.5 Å². The molecule has 0 spiro atoms. The average Bonchev–Trinajstić information content (AvgIpc) is 2.51. The van der Waals surface area contributed by atoms with E-state index in [2.05, 4.69) is 4.74 Å². The van der Waals surface area contributed by atoms with E-state index in [0.717, 1.165) is 5.56 Å². The van der Waals surface area contributed by atoms with E-state index in [1.54, 1.807) is 19.9 Å². The SMILES string of the molecule is CCOC(=O)CC(=O)c1occc1C. The van der Waals surface area contributed by atoms with Crippen molar-refractivity contribution in [1.82, 2.24) is 0 Å². The lowest BCUT2D eigenvalue weighted by Crippen LogP contribution is -2.11. The zero-order chi connectivity index (χ0) is 10.6. The van der Waals surface area contributed by atoms with Gasteiger partial charge in [-0.2, -0.15) is 0 Å². The summed E-state index contributed by atoms with van der Waals surface area (Å²) in [6.45, 7) is 3.73. The minimum atomic E-state index is -0.520. The van der Waals surface area contributed by atoms with Gasteiger partial charge in [-0.25, -0.2) is 0 Å². The molecule has 0 aliphatic rings. The monoisotopic (exact) mass is 196 g/mol. The van der Waals surface area contributed by atoms with E-state index < -0.39 is 5.97 Å². The second-order valence-corrected chi connectivity index (χ2v) is 2.84. The number of carbonyl (C=O) groups is 2. The van der Waals surface area contributed by atoms with E-state index in [0.29, 0.717) is 0 Å². The van der Waals surface area contributed by atoms with Crippen molar-refractivity contribution in [2.24, 2.45) is 0 Å². The van der Waals surface area contributed by atoms with E-state index in [1.165, 1.54) is 6.26 Å². The predicted octanol–water partition coefficient (Wildman–Crippen LogP) is 1.72. The van der Waals surface area contributed by atoms with E-state index in [4.69, 9.17) is 4.42 Å². The quantitative estimate of drug-likeness (QED) is 0.418. The summed E-state index contributed by atoms with van der Waals surface area (Å²) in [7, 11) is 0. The van der Waals surface area contributed by atoms with Crippen LogP contribution in [0.4, 0.5) is 0 Å². The Kier molecular flexibility index (Phi) is 3.45. The number of hydrogen-bond acceptors (Lipinski definition) is 4. The first-order valence-corrected chi connectivity index (χ1v) is 4.38. The number of esters is 1. The molecule has 0 saturated heterocycles. The van der Waals surface area contributed by atoms with Crippen molar-refractivity contribution in [3.63, 3.8) is 0 Å². The van der Waals surface area contributed by atoms with Gasteiger partial charge in [0, 0.05) is 0 Å². The summed E-state index contributed by atoms with van der Waals surface area (Å²) < 4.78 is 9.60. The third kappa shape index (κ3) is 2.45. The molecule has 0 saturated carbocycles. The number of furan rings is 1. The zero-order valence-electron chi connectivity index (χ0n) is 8.20. The molecule has 0 aliphatic carbocycles. The van der Waals surface area contributed by atoms with Crippen molar-refractivity contribution in [1.29, 1.82) is 0 Å². The molecule has 4 nitrogen and oxygen atoms in total. The van der Waals surface area contributed by atoms with Gasteiger partial charge >= 0.3 is 5.97 Å². The van der Waals surface area contributed by atoms with Crippen LogP contribution in [0.1, 0.15) is 29.5 Å². The minimum Gasteiger partial charge on any atom is -0.466 e. The molecule has 0 unspecified atom stereocenters. The molecular formula is C10H12O4. The Morgan fingerprint density at radius 2 is 2.21 bits per heavy atom. The van der Waals surface area contributed by atoms with Crippen molar-refractivity contribution < 1.29 is 18.7 Å². The normalized spacial score (nSPS) is 9.86. The molecule has 0 fully saturated rings. The fourth-order valence-electron chi connectivity index (χ4n) is 1.08. The standard InChI is InChI=1S/C10H12O4/c1-3-13-9(12)6-8(11)10-7(2)4-5-14-10/h4-5H,3,6H2,1-2H3. The van der Waals surface area contributed by atoms with E-state index >= 15 is 0 Å². The second kappa shape index (κ2) is 4.60. The Balaban J connectivity index is 2.59. The maximum atomic E-state index is 11.4. The van der Waals surface area contributed by atoms with Crippen LogP contribution in [-0.4, -0.2) is 18.4 Å². The van der Waals surface area contributed by atoms with E-state index in [1.807, 2.05) is 0 Å². The molecule has 0 aliphatic heterocycles. The fraction of sp³-hybridized carbons (Fsp3) is 0.400. The van der Waals surface area contributed by atoms with Crippen LogP contribution in [0, 0.1) is 6.92 Å². The first-order chi connectivity index (χ1) is 6.65. The maximum absolute atomic E-state index is 11.4. The van der Waals surface area contributed by atoms with Crippen LogP contribution in [0.5, 0.6) is 0 Å². The molecule has 14 heavy (non-hydrogen) atoms. The molecule has 76 valence electrons. The van der Waals surface area contributed by atoms with Crippen LogP contribution in [0.3, 0.4) is 0 Å². The van der Waals surface area contributed by atoms with Gasteiger partial charge in [-0.1, -0.05) is 0 Å². The summed E-state index contributed by atoms with van der Waals surface area (Å²) in [5.74, 6) is -0.627. The summed E-state index contributed by atoms with van der Waals surface area (Å²) in [5, 5.41) is 0. The lowest BCUT2D eigenvalue weighted by atomic mass is 10.1. The summed E-state index contributed by atoms with van der Waals surface area (Å²) in [4.78, 5) is 22.4. The Labute approximate surface area is 81.9 Å². The number of ether oxygens (including phenoxy) is 1. The van der Waals surface area contributed by atoms with Crippen LogP contribution in [0.25, 0.3) is 0 Å². The van der Waals surface area contributed by atoms with Gasteiger partial charge in [0.2, 0.25) is 5.78 Å². The van der Waals surface area contributed by atoms with E-state index in [-0.39, 0.29) is 24.6 Å². The van der Waals surface area contributed by atoms with Crippen LogP contribution in [0.15, 0.2) is 16.7 Å². The molecule has 4 heteroatoms. The largest absolute Gasteiger partial charge is 0.466 e. The second-order valence-electron chi connectivity index (χ2n) is 2.84. The molecule has 0 amide bonds. The lowest BCUT2D eigenvalue weighted by molar-refractivity contribution is -0.142. The number of Topliss-reactive ketones (excluding diaryl/α,β-unsaturated/α-hetero) is 1. The Bertz CT molecular complexity index is 338. The molecule has 0 N–H and O–H groups in total. The summed E-state index contributed by atoms with van der Waals surface area (Å²) in [6.07, 6.45) is 1.16. The third-order valence-electron chi connectivity index (χ3n) is 1.73. The van der Waals surface area contributed by atoms with Crippen LogP contribution >= 0.6 is 0 Å². The van der Waals surface area contributed by atoms with Crippen molar-refractivity contribution in [2.75, 3.05) is 6.61 Å². The Morgan fingerprint density at radius 1 is 1.50 bits per heavy atom. The van der Waals surface area contributed by atoms with Crippen molar-refractivity contribution in [3.05, 3.63) is 23.7 Å². The molecule has 1 heterocycles. The van der Waals surface area contributed by atoms with Gasteiger partial charge in [0.05, 0.1) is 12.9 Å². The van der Waals surface area contributed by atoms with Gasteiger partial charge in [0.15, 0.2) is 5.76 Å². The van der Waals surface area contributed by atoms with Gasteiger partial charge in [0.25, 0.3) is 0 Å². The van der Waals surface area contributed by atoms with Crippen LogP contribution in [0.2, 0.25) is 0 Å². The average molecular weight is 196 g/mol. The molecule has 0 radical (unpaired) electrons. The number of carbonyl (C=O) groups excluding carboxylic acids is 2. The molecule has 1 aromatic heterocycles. The highest BCUT2D eigenvalue weighted by atomic mass is 16.5. The first kappa shape index (κ1) is 10.5. The van der Waals surface area contributed by atoms with Gasteiger partial charge in [-0.15, -0.1) is 0 Å². The van der Waals surface area contributed by atoms with Crippen molar-refractivity contribution >= 4 is 11.8 Å². The predicted molar refractivity (Wildman–Crippen MR) is 49.0 cm³/mol. The van der Waals surface area contributed by atoms with Crippen LogP contribution in [-0.2, 0) is 9.53 Å². The molecule has 0 bridgehead atoms. The van der Waals surface area contributed by atoms with Gasteiger partial charge in [-0.05, 0) is 25.5 Å². The number of rotatable bonds is 4. The first-order valence-electron chi connectivity index (χ1n) is 4.38. The Hall–Kier alpha value is -1.58. The van der Waals surface area contributed by atoms with E-state index in [9.17, 15) is 9.59 Å². The summed E-state index contributed by atoms with van der Waals surface area (Å²) >= 11 is 0. The molecule has 0 aromatic carbocycles. The zero-order valence-corrected chi connectivity index (χ0v) is 8.20. The molecular weight excluding hydrogens is 184 g/mol. The summed E-state index contributed by atoms with van der Waals surface area (Å²) in [6, 6.07) is 1.68. The third-order valence-corrected chi connectivity index (χ3v) is 1.73. The smallest absolute Gasteiger partial charge is 0.313 e. The highest BCUT2D eigenvalue weighted by molar-refractivity contribution is 6.05. The van der Waals surface area contributed by atoms with Crippen LogP contribution < -0.4 is 0 Å². The number of hydrogen-bond donors (Lipinski definition) is 0. The number of aryl methyl sites for hydroxylation is 1. The summed E-state index contributed by atoms with van der Waals surface area (Å²) in [5.41, 5.74) is 0.735. The molecule has 0 atom stereocenters. The van der Waals surface area contributed by atoms with Gasteiger partial charge < -0.3 is 9.15 Å². The maximum Gasteiger partial charge on any atom is 0.313 e. The molecule has 1 rings (SSSR count). The number of ketones is 1. The fourth-order valence-corrected chi connectivity index (χ4v) is 1.08.